The van der Waals surface area contributed by atoms with Gasteiger partial charge < -0.3 is 25.3 Å². The van der Waals surface area contributed by atoms with Gasteiger partial charge in [0.1, 0.15) is 36.3 Å². The number of halogens is 2. The number of hydrogen-bond donors (Lipinski definition) is 3. The molecule has 0 radical (unpaired) electrons. The Balaban J connectivity index is 1.11. The molecule has 10 unspecified atom stereocenters. The molecule has 11 nitrogen and oxygen atoms in total. The van der Waals surface area contributed by atoms with E-state index in [9.17, 15) is 14.9 Å². The lowest BCUT2D eigenvalue weighted by Crippen LogP contribution is -2.72. The number of likely N-dealkylation sites (N-methyl/N-ethyl adjacent to an activating group) is 1. The van der Waals surface area contributed by atoms with Gasteiger partial charge in [0.25, 0.3) is 0 Å². The van der Waals surface area contributed by atoms with Crippen molar-refractivity contribution in [3.05, 3.63) is 0 Å². The number of carbonyl (C=O) groups is 2. The molecular formula is C37H62F2N9O2+. The van der Waals surface area contributed by atoms with E-state index in [-0.39, 0.29) is 29.3 Å². The Hall–Kier alpha value is -1.95. The van der Waals surface area contributed by atoms with Gasteiger partial charge in [-0.15, -0.1) is 0 Å². The fourth-order valence-corrected chi connectivity index (χ4v) is 11.7. The van der Waals surface area contributed by atoms with Crippen LogP contribution >= 0.6 is 0 Å². The van der Waals surface area contributed by atoms with Gasteiger partial charge in [0.15, 0.2) is 0 Å². The molecular weight excluding hydrogens is 640 g/mol. The molecule has 7 aliphatic rings. The minimum absolute atomic E-state index is 0.0474. The molecule has 3 bridgehead atoms. The monoisotopic (exact) mass is 702 g/mol. The smallest absolute Gasteiger partial charge is 0.243 e. The second-order valence-corrected chi connectivity index (χ2v) is 17.4. The van der Waals surface area contributed by atoms with Crippen LogP contribution < -0.4 is 16.4 Å². The van der Waals surface area contributed by atoms with Crippen LogP contribution in [0.1, 0.15) is 71.1 Å². The summed E-state index contributed by atoms with van der Waals surface area (Å²) in [4.78, 5) is 36.7. The second-order valence-electron chi connectivity index (χ2n) is 17.4. The number of quaternary nitrogens is 1. The van der Waals surface area contributed by atoms with Crippen molar-refractivity contribution >= 4 is 11.8 Å². The van der Waals surface area contributed by atoms with Crippen molar-refractivity contribution in [3.8, 4) is 6.07 Å². The lowest BCUT2D eigenvalue weighted by molar-refractivity contribution is -0.951. The number of piperidine rings is 3. The molecule has 7 heterocycles. The lowest BCUT2D eigenvalue weighted by atomic mass is 9.71. The Morgan fingerprint density at radius 2 is 1.82 bits per heavy atom. The average Bonchev–Trinajstić information content (AvgIpc) is 3.25. The molecule has 7 aliphatic heterocycles. The molecule has 4 N–H and O–H groups in total. The summed E-state index contributed by atoms with van der Waals surface area (Å²) in [5, 5.41) is 17.4. The SMILES string of the molecule is CCCCCN1CC(F)C(N2CCC(C#N)(C(=O)N3CCN(C)CC3)CC2)C(NC(=O)C2C(N)NC3CCC(F)C[N+]45CCCC3(CC24)C5)C1. The number of nitriles is 1. The van der Waals surface area contributed by atoms with Crippen molar-refractivity contribution in [2.75, 3.05) is 85.6 Å². The largest absolute Gasteiger partial charge is 0.350 e. The standard InChI is InChI=1S/C37H61F2N9O2/c1-3-4-5-12-45-21-27(39)32(46-13-10-36(24-40,11-14-46)35(50)47-17-15-44(2)16-18-47)28(22-45)42-34(49)31-29-20-37-9-6-19-48(29,25-37)23-26(38)7-8-30(37)43-33(31)41/h26-33,43H,3-23,25,41H2,1-2H3/p+1. The van der Waals surface area contributed by atoms with Crippen molar-refractivity contribution in [1.29, 1.82) is 5.26 Å². The zero-order valence-electron chi connectivity index (χ0n) is 30.5. The van der Waals surface area contributed by atoms with Crippen LogP contribution in [-0.2, 0) is 9.59 Å². The van der Waals surface area contributed by atoms with Gasteiger partial charge in [0, 0.05) is 70.2 Å². The number of fused-ring (bicyclic) bond motifs is 1. The van der Waals surface area contributed by atoms with E-state index in [0.717, 1.165) is 77.7 Å². The van der Waals surface area contributed by atoms with E-state index in [0.29, 0.717) is 69.6 Å². The summed E-state index contributed by atoms with van der Waals surface area (Å²) in [7, 11) is 2.04. The van der Waals surface area contributed by atoms with E-state index in [1.807, 2.05) is 11.9 Å². The summed E-state index contributed by atoms with van der Waals surface area (Å²) < 4.78 is 32.6. The first-order chi connectivity index (χ1) is 24.0. The van der Waals surface area contributed by atoms with Gasteiger partial charge in [-0.2, -0.15) is 5.26 Å². The number of carbonyl (C=O) groups excluding carboxylic acids is 2. The van der Waals surface area contributed by atoms with Gasteiger partial charge in [0.05, 0.1) is 37.4 Å². The summed E-state index contributed by atoms with van der Waals surface area (Å²) in [5.74, 6) is -0.769. The number of hydrogen-bond acceptors (Lipinski definition) is 8. The molecule has 10 atom stereocenters. The van der Waals surface area contributed by atoms with Crippen molar-refractivity contribution in [1.82, 2.24) is 30.2 Å². The molecule has 0 aliphatic carbocycles. The Bertz CT molecular complexity index is 1290. The number of likely N-dealkylation sites (tertiary alicyclic amines) is 2. The zero-order chi connectivity index (χ0) is 35.3. The van der Waals surface area contributed by atoms with Gasteiger partial charge in [-0.25, -0.2) is 8.78 Å². The molecule has 2 amide bonds. The summed E-state index contributed by atoms with van der Waals surface area (Å²) in [6.45, 7) is 9.71. The van der Waals surface area contributed by atoms with E-state index in [4.69, 9.17) is 5.73 Å². The second kappa shape index (κ2) is 14.5. The summed E-state index contributed by atoms with van der Waals surface area (Å²) in [6, 6.07) is 1.41. The molecule has 7 saturated heterocycles. The molecule has 1 spiro atoms. The predicted octanol–water partition coefficient (Wildman–Crippen LogP) is 1.44. The third kappa shape index (κ3) is 6.59. The number of piperazine rings is 1. The van der Waals surface area contributed by atoms with Crippen LogP contribution in [0.25, 0.3) is 0 Å². The van der Waals surface area contributed by atoms with Gasteiger partial charge in [-0.05, 0) is 58.5 Å². The van der Waals surface area contributed by atoms with Gasteiger partial charge in [-0.1, -0.05) is 19.8 Å². The maximum atomic E-state index is 16.6. The highest BCUT2D eigenvalue weighted by molar-refractivity contribution is 5.86. The zero-order valence-corrected chi connectivity index (χ0v) is 30.5. The minimum Gasteiger partial charge on any atom is -0.350 e. The Kier molecular flexibility index (Phi) is 10.5. The molecule has 0 saturated carbocycles. The highest BCUT2D eigenvalue weighted by Gasteiger charge is 2.67. The molecule has 7 fully saturated rings. The predicted molar refractivity (Wildman–Crippen MR) is 187 cm³/mol. The number of amides is 2. The molecule has 280 valence electrons. The lowest BCUT2D eigenvalue weighted by Gasteiger charge is -2.52. The minimum atomic E-state index is -1.20. The Labute approximate surface area is 297 Å². The molecule has 50 heavy (non-hydrogen) atoms. The third-order valence-electron chi connectivity index (χ3n) is 14.4. The fraction of sp³-hybridized carbons (Fsp3) is 0.919. The fourth-order valence-electron chi connectivity index (χ4n) is 11.7. The van der Waals surface area contributed by atoms with E-state index in [2.05, 4.69) is 38.3 Å². The number of unbranched alkanes of at least 4 members (excludes halogenated alkanes) is 2. The number of alkyl halides is 2. The Morgan fingerprint density at radius 3 is 2.54 bits per heavy atom. The van der Waals surface area contributed by atoms with Crippen LogP contribution in [0.5, 0.6) is 0 Å². The number of nitrogens with two attached hydrogens (primary N) is 1. The molecule has 0 aromatic rings. The van der Waals surface area contributed by atoms with Crippen molar-refractivity contribution in [2.24, 2.45) is 22.5 Å². The van der Waals surface area contributed by atoms with E-state index < -0.39 is 41.9 Å². The van der Waals surface area contributed by atoms with Crippen LogP contribution in [0, 0.1) is 28.1 Å². The van der Waals surface area contributed by atoms with E-state index in [1.54, 1.807) is 0 Å². The van der Waals surface area contributed by atoms with Crippen LogP contribution in [0.4, 0.5) is 8.78 Å². The van der Waals surface area contributed by atoms with Crippen LogP contribution in [0.3, 0.4) is 0 Å². The Morgan fingerprint density at radius 1 is 1.06 bits per heavy atom. The average molecular weight is 703 g/mol. The quantitative estimate of drug-likeness (QED) is 0.257. The van der Waals surface area contributed by atoms with Crippen LogP contribution in [0.15, 0.2) is 0 Å². The van der Waals surface area contributed by atoms with Crippen LogP contribution in [0.2, 0.25) is 0 Å². The molecule has 0 aromatic heterocycles. The molecule has 13 heteroatoms. The van der Waals surface area contributed by atoms with Crippen molar-refractivity contribution in [3.63, 3.8) is 0 Å². The van der Waals surface area contributed by atoms with Crippen molar-refractivity contribution < 1.29 is 22.9 Å². The maximum absolute atomic E-state index is 16.6. The van der Waals surface area contributed by atoms with Crippen molar-refractivity contribution in [2.45, 2.75) is 114 Å². The summed E-state index contributed by atoms with van der Waals surface area (Å²) in [5.41, 5.74) is 5.87. The number of nitrogens with one attached hydrogen (secondary N) is 2. The van der Waals surface area contributed by atoms with Gasteiger partial charge in [-0.3, -0.25) is 24.7 Å². The first-order valence-corrected chi connectivity index (χ1v) is 19.8. The van der Waals surface area contributed by atoms with Crippen LogP contribution in [-0.4, -0.2) is 164 Å². The third-order valence-corrected chi connectivity index (χ3v) is 14.4. The summed E-state index contributed by atoms with van der Waals surface area (Å²) >= 11 is 0. The van der Waals surface area contributed by atoms with E-state index in [1.165, 1.54) is 0 Å². The molecule has 0 aromatic carbocycles. The summed E-state index contributed by atoms with van der Waals surface area (Å²) in [6.07, 6.45) is 5.50. The highest BCUT2D eigenvalue weighted by Crippen LogP contribution is 2.56. The number of nitrogens with zero attached hydrogens (tertiary/aromatic N) is 6. The van der Waals surface area contributed by atoms with E-state index >= 15 is 8.78 Å². The molecule has 7 rings (SSSR count). The van der Waals surface area contributed by atoms with Gasteiger partial charge in [0.2, 0.25) is 11.8 Å². The first kappa shape index (κ1) is 36.4. The maximum Gasteiger partial charge on any atom is 0.243 e. The number of rotatable bonds is 8. The highest BCUT2D eigenvalue weighted by atomic mass is 19.1. The topological polar surface area (TPSA) is 121 Å². The van der Waals surface area contributed by atoms with Gasteiger partial charge >= 0.3 is 0 Å². The normalized spacial score (nSPS) is 42.3. The first-order valence-electron chi connectivity index (χ1n) is 19.8.